The summed E-state index contributed by atoms with van der Waals surface area (Å²) in [5.41, 5.74) is 1.41. The average molecular weight is 259 g/mol. The van der Waals surface area contributed by atoms with Crippen LogP contribution in [0.1, 0.15) is 37.9 Å². The van der Waals surface area contributed by atoms with Gasteiger partial charge in [-0.15, -0.1) is 0 Å². The minimum Gasteiger partial charge on any atom is -0.378 e. The third-order valence-electron chi connectivity index (χ3n) is 3.61. The van der Waals surface area contributed by atoms with Gasteiger partial charge in [-0.2, -0.15) is 5.26 Å². The number of rotatable bonds is 3. The van der Waals surface area contributed by atoms with Crippen molar-refractivity contribution in [3.05, 3.63) is 23.4 Å². The lowest BCUT2D eigenvalue weighted by atomic mass is 9.95. The lowest BCUT2D eigenvalue weighted by molar-refractivity contribution is -0.0161. The van der Waals surface area contributed by atoms with Gasteiger partial charge < -0.3 is 10.1 Å². The third-order valence-corrected chi connectivity index (χ3v) is 3.61. The zero-order valence-electron chi connectivity index (χ0n) is 11.8. The second-order valence-electron chi connectivity index (χ2n) is 5.49. The molecule has 1 saturated heterocycles. The first kappa shape index (κ1) is 13.8. The number of hydrogen-bond acceptors (Lipinski definition) is 4. The molecule has 1 aromatic rings. The zero-order valence-corrected chi connectivity index (χ0v) is 11.8. The molecule has 0 bridgehead atoms. The molecule has 0 aromatic carbocycles. The maximum Gasteiger partial charge on any atom is 0.145 e. The molecule has 4 heteroatoms. The van der Waals surface area contributed by atoms with E-state index in [4.69, 9.17) is 10.00 Å². The van der Waals surface area contributed by atoms with E-state index in [9.17, 15) is 0 Å². The predicted octanol–water partition coefficient (Wildman–Crippen LogP) is 2.88. The van der Waals surface area contributed by atoms with Crippen LogP contribution in [0.3, 0.4) is 0 Å². The molecule has 0 saturated carbocycles. The summed E-state index contributed by atoms with van der Waals surface area (Å²) in [6.45, 7) is 7.06. The van der Waals surface area contributed by atoms with Crippen LogP contribution < -0.4 is 5.32 Å². The van der Waals surface area contributed by atoms with Crippen LogP contribution in [0.25, 0.3) is 0 Å². The second-order valence-corrected chi connectivity index (χ2v) is 5.49. The molecule has 1 aliphatic heterocycles. The molecule has 2 atom stereocenters. The summed E-state index contributed by atoms with van der Waals surface area (Å²) in [5, 5.41) is 12.4. The van der Waals surface area contributed by atoms with Gasteiger partial charge in [-0.3, -0.25) is 0 Å². The number of pyridine rings is 1. The molecule has 0 aliphatic carbocycles. The summed E-state index contributed by atoms with van der Waals surface area (Å²) in [7, 11) is 0. The quantitative estimate of drug-likeness (QED) is 0.906. The highest BCUT2D eigenvalue weighted by molar-refractivity contribution is 5.43. The number of hydrogen-bond donors (Lipinski definition) is 1. The number of anilines is 1. The van der Waals surface area contributed by atoms with Crippen molar-refractivity contribution in [1.29, 1.82) is 5.26 Å². The SMILES string of the molecule is Cc1ccc(NC2CCOC(C(C)C)C2)nc1C#N. The van der Waals surface area contributed by atoms with Gasteiger partial charge in [0.05, 0.1) is 6.10 Å². The minimum atomic E-state index is 0.312. The first-order valence-corrected chi connectivity index (χ1v) is 6.86. The van der Waals surface area contributed by atoms with E-state index < -0.39 is 0 Å². The van der Waals surface area contributed by atoms with Gasteiger partial charge in [-0.05, 0) is 37.3 Å². The molecule has 1 fully saturated rings. The molecule has 1 N–H and O–H groups in total. The number of aryl methyl sites for hydroxylation is 1. The van der Waals surface area contributed by atoms with Crippen LogP contribution in [0.5, 0.6) is 0 Å². The molecule has 102 valence electrons. The summed E-state index contributed by atoms with van der Waals surface area (Å²) in [5.74, 6) is 1.32. The average Bonchev–Trinajstić information content (AvgIpc) is 2.41. The molecular formula is C15H21N3O. The van der Waals surface area contributed by atoms with Gasteiger partial charge in [0.1, 0.15) is 17.6 Å². The molecular weight excluding hydrogens is 238 g/mol. The van der Waals surface area contributed by atoms with E-state index in [0.717, 1.165) is 30.8 Å². The van der Waals surface area contributed by atoms with Gasteiger partial charge in [-0.25, -0.2) is 4.98 Å². The standard InChI is InChI=1S/C15H21N3O/c1-10(2)14-8-12(6-7-19-14)17-15-5-4-11(3)13(9-16)18-15/h4-5,10,12,14H,6-8H2,1-3H3,(H,17,18). The first-order valence-electron chi connectivity index (χ1n) is 6.86. The molecule has 19 heavy (non-hydrogen) atoms. The van der Waals surface area contributed by atoms with Crippen molar-refractivity contribution in [1.82, 2.24) is 4.98 Å². The summed E-state index contributed by atoms with van der Waals surface area (Å²) in [6.07, 6.45) is 2.29. The number of nitrogens with one attached hydrogen (secondary N) is 1. The van der Waals surface area contributed by atoms with E-state index in [1.807, 2.05) is 19.1 Å². The fourth-order valence-corrected chi connectivity index (χ4v) is 2.36. The van der Waals surface area contributed by atoms with Crippen molar-refractivity contribution in [3.8, 4) is 6.07 Å². The summed E-state index contributed by atoms with van der Waals surface area (Å²) in [6, 6.07) is 6.38. The van der Waals surface area contributed by atoms with Gasteiger partial charge in [0.2, 0.25) is 0 Å². The summed E-state index contributed by atoms with van der Waals surface area (Å²) < 4.78 is 5.76. The molecule has 0 spiro atoms. The Morgan fingerprint density at radius 3 is 2.95 bits per heavy atom. The molecule has 1 aliphatic rings. The largest absolute Gasteiger partial charge is 0.378 e. The maximum absolute atomic E-state index is 9.00. The smallest absolute Gasteiger partial charge is 0.145 e. The Labute approximate surface area is 114 Å². The van der Waals surface area contributed by atoms with Crippen molar-refractivity contribution in [2.75, 3.05) is 11.9 Å². The van der Waals surface area contributed by atoms with Crippen LogP contribution in [-0.2, 0) is 4.74 Å². The topological polar surface area (TPSA) is 57.9 Å². The number of nitrogens with zero attached hydrogens (tertiary/aromatic N) is 2. The van der Waals surface area contributed by atoms with Crippen molar-refractivity contribution in [3.63, 3.8) is 0 Å². The Morgan fingerprint density at radius 2 is 2.26 bits per heavy atom. The van der Waals surface area contributed by atoms with Crippen LogP contribution >= 0.6 is 0 Å². The normalized spacial score (nSPS) is 23.1. The molecule has 2 rings (SSSR count). The Morgan fingerprint density at radius 1 is 1.47 bits per heavy atom. The fourth-order valence-electron chi connectivity index (χ4n) is 2.36. The molecule has 2 unspecified atom stereocenters. The summed E-state index contributed by atoms with van der Waals surface area (Å²) >= 11 is 0. The van der Waals surface area contributed by atoms with Crippen LogP contribution in [-0.4, -0.2) is 23.7 Å². The summed E-state index contributed by atoms with van der Waals surface area (Å²) in [4.78, 5) is 4.34. The number of aromatic nitrogens is 1. The third kappa shape index (κ3) is 3.45. The Hall–Kier alpha value is -1.60. The van der Waals surface area contributed by atoms with E-state index >= 15 is 0 Å². The Bertz CT molecular complexity index is 479. The van der Waals surface area contributed by atoms with Gasteiger partial charge in [-0.1, -0.05) is 19.9 Å². The molecule has 0 amide bonds. The van der Waals surface area contributed by atoms with Gasteiger partial charge in [0, 0.05) is 12.6 Å². The predicted molar refractivity (Wildman–Crippen MR) is 74.9 cm³/mol. The van der Waals surface area contributed by atoms with Crippen LogP contribution in [0.2, 0.25) is 0 Å². The maximum atomic E-state index is 9.00. The highest BCUT2D eigenvalue weighted by Crippen LogP contribution is 2.22. The lowest BCUT2D eigenvalue weighted by Gasteiger charge is -2.32. The molecule has 1 aromatic heterocycles. The van der Waals surface area contributed by atoms with Crippen molar-refractivity contribution in [2.45, 2.75) is 45.8 Å². The minimum absolute atomic E-state index is 0.312. The zero-order chi connectivity index (χ0) is 13.8. The van der Waals surface area contributed by atoms with Crippen molar-refractivity contribution in [2.24, 2.45) is 5.92 Å². The van der Waals surface area contributed by atoms with E-state index in [-0.39, 0.29) is 0 Å². The van der Waals surface area contributed by atoms with Gasteiger partial charge in [0.15, 0.2) is 0 Å². The van der Waals surface area contributed by atoms with E-state index in [2.05, 4.69) is 30.2 Å². The van der Waals surface area contributed by atoms with Gasteiger partial charge in [0.25, 0.3) is 0 Å². The van der Waals surface area contributed by atoms with E-state index in [1.165, 1.54) is 0 Å². The Balaban J connectivity index is 2.03. The number of ether oxygens (including phenoxy) is 1. The van der Waals surface area contributed by atoms with E-state index in [0.29, 0.717) is 23.8 Å². The monoisotopic (exact) mass is 259 g/mol. The van der Waals surface area contributed by atoms with E-state index in [1.54, 1.807) is 0 Å². The molecule has 4 nitrogen and oxygen atoms in total. The van der Waals surface area contributed by atoms with Crippen LogP contribution in [0, 0.1) is 24.2 Å². The van der Waals surface area contributed by atoms with Crippen LogP contribution in [0.4, 0.5) is 5.82 Å². The van der Waals surface area contributed by atoms with Crippen molar-refractivity contribution >= 4 is 5.82 Å². The van der Waals surface area contributed by atoms with Crippen LogP contribution in [0.15, 0.2) is 12.1 Å². The highest BCUT2D eigenvalue weighted by atomic mass is 16.5. The molecule has 2 heterocycles. The highest BCUT2D eigenvalue weighted by Gasteiger charge is 2.25. The molecule has 0 radical (unpaired) electrons. The van der Waals surface area contributed by atoms with Gasteiger partial charge >= 0.3 is 0 Å². The second kappa shape index (κ2) is 6.03. The lowest BCUT2D eigenvalue weighted by Crippen LogP contribution is -2.36. The number of nitriles is 1. The van der Waals surface area contributed by atoms with Crippen molar-refractivity contribution < 1.29 is 4.74 Å². The first-order chi connectivity index (χ1) is 9.10. The fraction of sp³-hybridized carbons (Fsp3) is 0.600. The Kier molecular flexibility index (Phi) is 4.39.